The number of halogens is 1. The maximum atomic E-state index is 14.3. The van der Waals surface area contributed by atoms with Crippen LogP contribution in [0.2, 0.25) is 0 Å². The van der Waals surface area contributed by atoms with Crippen molar-refractivity contribution >= 4 is 10.9 Å². The molecule has 0 unspecified atom stereocenters. The van der Waals surface area contributed by atoms with Crippen LogP contribution in [0.4, 0.5) is 4.39 Å². The molecule has 0 saturated heterocycles. The summed E-state index contributed by atoms with van der Waals surface area (Å²) in [4.78, 5) is 13.7. The molecule has 2 heterocycles. The van der Waals surface area contributed by atoms with Crippen LogP contribution < -0.4 is 4.74 Å². The fraction of sp³-hybridized carbons (Fsp3) is 0.136. The summed E-state index contributed by atoms with van der Waals surface area (Å²) in [6, 6.07) is 16.5. The van der Waals surface area contributed by atoms with Gasteiger partial charge in [0, 0.05) is 17.1 Å². The quantitative estimate of drug-likeness (QED) is 0.502. The summed E-state index contributed by atoms with van der Waals surface area (Å²) in [5.74, 6) is 0.386. The van der Waals surface area contributed by atoms with Gasteiger partial charge in [-0.2, -0.15) is 0 Å². The molecule has 4 rings (SSSR count). The summed E-state index contributed by atoms with van der Waals surface area (Å²) in [7, 11) is 0. The van der Waals surface area contributed by atoms with Crippen molar-refractivity contribution in [3.63, 3.8) is 0 Å². The first-order valence-electron chi connectivity index (χ1n) is 8.78. The van der Waals surface area contributed by atoms with E-state index in [-0.39, 0.29) is 5.75 Å². The Morgan fingerprint density at radius 3 is 2.67 bits per heavy atom. The van der Waals surface area contributed by atoms with Gasteiger partial charge < -0.3 is 4.74 Å². The van der Waals surface area contributed by atoms with E-state index in [1.807, 2.05) is 56.3 Å². The van der Waals surface area contributed by atoms with Crippen molar-refractivity contribution in [1.82, 2.24) is 15.0 Å². The molecule has 4 nitrogen and oxygen atoms in total. The topological polar surface area (TPSA) is 47.9 Å². The van der Waals surface area contributed by atoms with Gasteiger partial charge in [0.1, 0.15) is 5.69 Å². The zero-order valence-corrected chi connectivity index (χ0v) is 15.1. The lowest BCUT2D eigenvalue weighted by atomic mass is 10.1. The van der Waals surface area contributed by atoms with Crippen molar-refractivity contribution in [3.8, 4) is 28.5 Å². The van der Waals surface area contributed by atoms with Gasteiger partial charge in [0.25, 0.3) is 0 Å². The maximum Gasteiger partial charge on any atom is 0.178 e. The molecule has 2 aromatic carbocycles. The van der Waals surface area contributed by atoms with Gasteiger partial charge in [-0.25, -0.2) is 19.3 Å². The van der Waals surface area contributed by atoms with Crippen molar-refractivity contribution in [3.05, 3.63) is 72.2 Å². The van der Waals surface area contributed by atoms with Crippen molar-refractivity contribution in [2.75, 3.05) is 6.61 Å². The molecule has 0 amide bonds. The fourth-order valence-electron chi connectivity index (χ4n) is 2.96. The minimum atomic E-state index is -0.400. The Balaban J connectivity index is 1.78. The second-order valence-corrected chi connectivity index (χ2v) is 6.19. The first-order chi connectivity index (χ1) is 13.2. The highest BCUT2D eigenvalue weighted by atomic mass is 19.1. The highest BCUT2D eigenvalue weighted by Gasteiger charge is 2.12. The third-order valence-electron chi connectivity index (χ3n) is 4.32. The van der Waals surface area contributed by atoms with Gasteiger partial charge in [-0.3, -0.25) is 0 Å². The molecule has 0 radical (unpaired) electrons. The molecule has 0 bridgehead atoms. The molecule has 0 spiro atoms. The molecule has 0 aliphatic carbocycles. The van der Waals surface area contributed by atoms with Crippen molar-refractivity contribution < 1.29 is 9.13 Å². The number of nitrogens with zero attached hydrogens (tertiary/aromatic N) is 3. The Labute approximate surface area is 156 Å². The Bertz CT molecular complexity index is 1130. The number of pyridine rings is 1. The van der Waals surface area contributed by atoms with E-state index in [0.29, 0.717) is 29.4 Å². The molecule has 0 saturated carbocycles. The molecule has 27 heavy (non-hydrogen) atoms. The van der Waals surface area contributed by atoms with E-state index in [1.54, 1.807) is 12.3 Å². The van der Waals surface area contributed by atoms with Gasteiger partial charge in [-0.15, -0.1) is 0 Å². The SMILES string of the molecule is CCOc1ccc(-c2nc(-c3ncc4ccccc4n3)ccc2C)cc1F. The molecule has 0 aliphatic rings. The Morgan fingerprint density at radius 1 is 1.00 bits per heavy atom. The number of benzene rings is 2. The lowest BCUT2D eigenvalue weighted by Gasteiger charge is -2.10. The minimum Gasteiger partial charge on any atom is -0.491 e. The molecule has 4 aromatic rings. The Hall–Kier alpha value is -3.34. The van der Waals surface area contributed by atoms with Gasteiger partial charge in [0.05, 0.1) is 17.8 Å². The van der Waals surface area contributed by atoms with Gasteiger partial charge in [0.15, 0.2) is 17.4 Å². The minimum absolute atomic E-state index is 0.243. The van der Waals surface area contributed by atoms with Crippen LogP contribution in [0, 0.1) is 12.7 Å². The summed E-state index contributed by atoms with van der Waals surface area (Å²) in [5.41, 5.74) is 3.85. The van der Waals surface area contributed by atoms with E-state index < -0.39 is 5.82 Å². The number of para-hydroxylation sites is 1. The highest BCUT2D eigenvalue weighted by Crippen LogP contribution is 2.28. The van der Waals surface area contributed by atoms with Crippen LogP contribution >= 0.6 is 0 Å². The third-order valence-corrected chi connectivity index (χ3v) is 4.32. The van der Waals surface area contributed by atoms with E-state index >= 15 is 0 Å². The summed E-state index contributed by atoms with van der Waals surface area (Å²) in [5, 5.41) is 0.974. The number of aromatic nitrogens is 3. The van der Waals surface area contributed by atoms with Crippen LogP contribution in [0.3, 0.4) is 0 Å². The van der Waals surface area contributed by atoms with Crippen LogP contribution in [0.25, 0.3) is 33.7 Å². The molecule has 0 N–H and O–H groups in total. The fourth-order valence-corrected chi connectivity index (χ4v) is 2.96. The summed E-state index contributed by atoms with van der Waals surface area (Å²) in [6.07, 6.45) is 1.79. The Morgan fingerprint density at radius 2 is 1.85 bits per heavy atom. The van der Waals surface area contributed by atoms with E-state index in [4.69, 9.17) is 9.72 Å². The number of fused-ring (bicyclic) bond motifs is 1. The number of ether oxygens (including phenoxy) is 1. The van der Waals surface area contributed by atoms with Crippen LogP contribution in [0.15, 0.2) is 60.8 Å². The highest BCUT2D eigenvalue weighted by molar-refractivity contribution is 5.79. The summed E-state index contributed by atoms with van der Waals surface area (Å²) in [6.45, 7) is 4.19. The van der Waals surface area contributed by atoms with Crippen LogP contribution in [0.1, 0.15) is 12.5 Å². The predicted molar refractivity (Wildman–Crippen MR) is 104 cm³/mol. The number of rotatable bonds is 4. The summed E-state index contributed by atoms with van der Waals surface area (Å²) < 4.78 is 19.6. The second-order valence-electron chi connectivity index (χ2n) is 6.19. The third kappa shape index (κ3) is 3.36. The molecular weight excluding hydrogens is 341 g/mol. The molecular formula is C22H18FN3O. The van der Waals surface area contributed by atoms with Gasteiger partial charge >= 0.3 is 0 Å². The smallest absolute Gasteiger partial charge is 0.178 e. The predicted octanol–water partition coefficient (Wildman–Crippen LogP) is 5.21. The monoisotopic (exact) mass is 359 g/mol. The van der Waals surface area contributed by atoms with Gasteiger partial charge in [0.2, 0.25) is 0 Å². The van der Waals surface area contributed by atoms with Gasteiger partial charge in [-0.1, -0.05) is 24.3 Å². The lowest BCUT2D eigenvalue weighted by molar-refractivity contribution is 0.321. The zero-order valence-electron chi connectivity index (χ0n) is 15.1. The molecule has 0 fully saturated rings. The average Bonchev–Trinajstić information content (AvgIpc) is 2.70. The summed E-state index contributed by atoms with van der Waals surface area (Å²) >= 11 is 0. The van der Waals surface area contributed by atoms with Gasteiger partial charge in [-0.05, 0) is 49.7 Å². The second kappa shape index (κ2) is 7.11. The number of hydrogen-bond acceptors (Lipinski definition) is 4. The normalized spacial score (nSPS) is 10.9. The first kappa shape index (κ1) is 17.1. The molecule has 2 aromatic heterocycles. The van der Waals surface area contributed by atoms with Crippen molar-refractivity contribution in [1.29, 1.82) is 0 Å². The van der Waals surface area contributed by atoms with E-state index in [1.165, 1.54) is 6.07 Å². The van der Waals surface area contributed by atoms with E-state index in [2.05, 4.69) is 9.97 Å². The van der Waals surface area contributed by atoms with E-state index in [9.17, 15) is 4.39 Å². The lowest BCUT2D eigenvalue weighted by Crippen LogP contribution is -1.98. The number of hydrogen-bond donors (Lipinski definition) is 0. The number of aryl methyl sites for hydroxylation is 1. The molecule has 0 aliphatic heterocycles. The zero-order chi connectivity index (χ0) is 18.8. The Kier molecular flexibility index (Phi) is 4.50. The standard InChI is InChI=1S/C22H18FN3O/c1-3-27-20-11-9-15(12-17(20)23)21-14(2)8-10-19(25-21)22-24-13-16-6-4-5-7-18(16)26-22/h4-13H,3H2,1-2H3. The molecule has 5 heteroatoms. The van der Waals surface area contributed by atoms with Crippen LogP contribution in [-0.2, 0) is 0 Å². The van der Waals surface area contributed by atoms with Crippen LogP contribution in [0.5, 0.6) is 5.75 Å². The molecule has 0 atom stereocenters. The maximum absolute atomic E-state index is 14.3. The first-order valence-corrected chi connectivity index (χ1v) is 8.78. The van der Waals surface area contributed by atoms with Crippen molar-refractivity contribution in [2.45, 2.75) is 13.8 Å². The van der Waals surface area contributed by atoms with E-state index in [0.717, 1.165) is 16.5 Å². The largest absolute Gasteiger partial charge is 0.491 e. The van der Waals surface area contributed by atoms with Crippen molar-refractivity contribution in [2.24, 2.45) is 0 Å². The average molecular weight is 359 g/mol. The molecule has 134 valence electrons. The van der Waals surface area contributed by atoms with Crippen LogP contribution in [-0.4, -0.2) is 21.6 Å².